The Balaban J connectivity index is 0.000000980. The lowest BCUT2D eigenvalue weighted by atomic mass is 10.3. The second-order valence-corrected chi connectivity index (χ2v) is 3.87. The van der Waals surface area contributed by atoms with Crippen LogP contribution in [0.5, 0.6) is 0 Å². The highest BCUT2D eigenvalue weighted by Gasteiger charge is 2.10. The maximum absolute atomic E-state index is 4.41. The second kappa shape index (κ2) is 5.53. The molecule has 1 fully saturated rings. The summed E-state index contributed by atoms with van der Waals surface area (Å²) in [6.45, 7) is 4.19. The van der Waals surface area contributed by atoms with Gasteiger partial charge in [0.05, 0.1) is 0 Å². The molecular weight excluding hydrogens is 265 g/mol. The molecule has 1 aliphatic rings. The molecule has 1 aromatic heterocycles. The van der Waals surface area contributed by atoms with Gasteiger partial charge in [0.15, 0.2) is 0 Å². The molecule has 1 N–H and O–H groups in total. The van der Waals surface area contributed by atoms with Gasteiger partial charge in [-0.25, -0.2) is 4.98 Å². The first kappa shape index (κ1) is 11.8. The third kappa shape index (κ3) is 2.83. The van der Waals surface area contributed by atoms with Crippen LogP contribution in [0.2, 0.25) is 0 Å². The van der Waals surface area contributed by atoms with E-state index in [0.29, 0.717) is 0 Å². The lowest BCUT2D eigenvalue weighted by molar-refractivity contribution is 0.584. The van der Waals surface area contributed by atoms with E-state index in [9.17, 15) is 0 Å². The Bertz CT molecular complexity index is 289. The van der Waals surface area contributed by atoms with Crippen LogP contribution in [0.15, 0.2) is 22.8 Å². The molecular formula is C9H13BrClN3. The molecule has 0 aliphatic carbocycles. The van der Waals surface area contributed by atoms with E-state index in [4.69, 9.17) is 0 Å². The van der Waals surface area contributed by atoms with E-state index in [2.05, 4.69) is 37.2 Å². The van der Waals surface area contributed by atoms with Crippen molar-refractivity contribution >= 4 is 34.2 Å². The SMILES string of the molecule is Brc1cccc(N2CCNCC2)n1.Cl. The van der Waals surface area contributed by atoms with Crippen LogP contribution < -0.4 is 10.2 Å². The predicted octanol–water partition coefficient (Wildman–Crippen LogP) is 1.68. The molecule has 0 radical (unpaired) electrons. The Morgan fingerprint density at radius 1 is 1.29 bits per heavy atom. The summed E-state index contributed by atoms with van der Waals surface area (Å²) in [7, 11) is 0. The number of piperazine rings is 1. The number of nitrogens with one attached hydrogen (secondary N) is 1. The van der Waals surface area contributed by atoms with E-state index >= 15 is 0 Å². The highest BCUT2D eigenvalue weighted by molar-refractivity contribution is 9.10. The standard InChI is InChI=1S/C9H12BrN3.ClH/c10-8-2-1-3-9(12-8)13-6-4-11-5-7-13;/h1-3,11H,4-7H2;1H. The van der Waals surface area contributed by atoms with Crippen LogP contribution in [0.1, 0.15) is 0 Å². The third-order valence-corrected chi connectivity index (χ3v) is 2.58. The van der Waals surface area contributed by atoms with Crippen LogP contribution in [0.3, 0.4) is 0 Å². The molecule has 1 aliphatic heterocycles. The first-order valence-corrected chi connectivity index (χ1v) is 5.24. The maximum Gasteiger partial charge on any atom is 0.129 e. The molecule has 2 heterocycles. The van der Waals surface area contributed by atoms with Crippen molar-refractivity contribution in [1.29, 1.82) is 0 Å². The monoisotopic (exact) mass is 277 g/mol. The minimum Gasteiger partial charge on any atom is -0.354 e. The van der Waals surface area contributed by atoms with Gasteiger partial charge in [-0.1, -0.05) is 6.07 Å². The molecule has 1 saturated heterocycles. The maximum atomic E-state index is 4.41. The zero-order chi connectivity index (χ0) is 9.10. The topological polar surface area (TPSA) is 28.2 Å². The van der Waals surface area contributed by atoms with Crippen molar-refractivity contribution < 1.29 is 0 Å². The van der Waals surface area contributed by atoms with E-state index in [1.54, 1.807) is 0 Å². The zero-order valence-electron chi connectivity index (χ0n) is 7.74. The molecule has 78 valence electrons. The van der Waals surface area contributed by atoms with Gasteiger partial charge in [0.2, 0.25) is 0 Å². The summed E-state index contributed by atoms with van der Waals surface area (Å²) in [6.07, 6.45) is 0. The average molecular weight is 279 g/mol. The van der Waals surface area contributed by atoms with E-state index < -0.39 is 0 Å². The highest BCUT2D eigenvalue weighted by atomic mass is 79.9. The highest BCUT2D eigenvalue weighted by Crippen LogP contribution is 2.14. The Morgan fingerprint density at radius 2 is 2.00 bits per heavy atom. The van der Waals surface area contributed by atoms with Gasteiger partial charge in [-0.3, -0.25) is 0 Å². The minimum absolute atomic E-state index is 0. The van der Waals surface area contributed by atoms with Gasteiger partial charge in [0, 0.05) is 26.2 Å². The van der Waals surface area contributed by atoms with Crippen molar-refractivity contribution in [3.63, 3.8) is 0 Å². The minimum atomic E-state index is 0. The van der Waals surface area contributed by atoms with Crippen molar-refractivity contribution in [2.75, 3.05) is 31.1 Å². The fourth-order valence-electron chi connectivity index (χ4n) is 1.47. The van der Waals surface area contributed by atoms with E-state index in [0.717, 1.165) is 36.6 Å². The summed E-state index contributed by atoms with van der Waals surface area (Å²) in [6, 6.07) is 6.02. The van der Waals surface area contributed by atoms with E-state index in [1.165, 1.54) is 0 Å². The van der Waals surface area contributed by atoms with Gasteiger partial charge in [-0.2, -0.15) is 0 Å². The van der Waals surface area contributed by atoms with Gasteiger partial charge >= 0.3 is 0 Å². The molecule has 0 unspecified atom stereocenters. The second-order valence-electron chi connectivity index (χ2n) is 3.06. The van der Waals surface area contributed by atoms with Crippen LogP contribution in [0.4, 0.5) is 5.82 Å². The molecule has 3 nitrogen and oxygen atoms in total. The number of pyridine rings is 1. The smallest absolute Gasteiger partial charge is 0.129 e. The Kier molecular flexibility index (Phi) is 4.65. The van der Waals surface area contributed by atoms with Gasteiger partial charge in [-0.05, 0) is 28.1 Å². The van der Waals surface area contributed by atoms with Crippen molar-refractivity contribution in [3.8, 4) is 0 Å². The van der Waals surface area contributed by atoms with Crippen LogP contribution in [-0.2, 0) is 0 Å². The summed E-state index contributed by atoms with van der Waals surface area (Å²) in [5.41, 5.74) is 0. The predicted molar refractivity (Wildman–Crippen MR) is 64.3 cm³/mol. The van der Waals surface area contributed by atoms with Crippen LogP contribution in [0, 0.1) is 0 Å². The lowest BCUT2D eigenvalue weighted by Gasteiger charge is -2.28. The zero-order valence-corrected chi connectivity index (χ0v) is 10.1. The average Bonchev–Trinajstić information content (AvgIpc) is 2.19. The third-order valence-electron chi connectivity index (χ3n) is 2.14. The molecule has 2 rings (SSSR count). The van der Waals surface area contributed by atoms with Gasteiger partial charge < -0.3 is 10.2 Å². The van der Waals surface area contributed by atoms with Gasteiger partial charge in [0.25, 0.3) is 0 Å². The van der Waals surface area contributed by atoms with Crippen molar-refractivity contribution in [2.24, 2.45) is 0 Å². The number of halogens is 2. The number of aromatic nitrogens is 1. The Labute approximate surface area is 98.4 Å². The fourth-order valence-corrected chi connectivity index (χ4v) is 1.80. The normalized spacial score (nSPS) is 16.2. The number of nitrogens with zero attached hydrogens (tertiary/aromatic N) is 2. The number of anilines is 1. The fraction of sp³-hybridized carbons (Fsp3) is 0.444. The summed E-state index contributed by atoms with van der Waals surface area (Å²) < 4.78 is 0.906. The van der Waals surface area contributed by atoms with Crippen LogP contribution in [0.25, 0.3) is 0 Å². The van der Waals surface area contributed by atoms with Crippen molar-refractivity contribution in [1.82, 2.24) is 10.3 Å². The van der Waals surface area contributed by atoms with E-state index in [-0.39, 0.29) is 12.4 Å². The van der Waals surface area contributed by atoms with Gasteiger partial charge in [0.1, 0.15) is 10.4 Å². The molecule has 5 heteroatoms. The summed E-state index contributed by atoms with van der Waals surface area (Å²) in [5, 5.41) is 3.32. The Morgan fingerprint density at radius 3 is 2.64 bits per heavy atom. The summed E-state index contributed by atoms with van der Waals surface area (Å²) >= 11 is 3.38. The molecule has 0 amide bonds. The van der Waals surface area contributed by atoms with E-state index in [1.807, 2.05) is 12.1 Å². The van der Waals surface area contributed by atoms with Gasteiger partial charge in [-0.15, -0.1) is 12.4 Å². The quantitative estimate of drug-likeness (QED) is 0.792. The molecule has 0 bridgehead atoms. The summed E-state index contributed by atoms with van der Waals surface area (Å²) in [5.74, 6) is 1.07. The van der Waals surface area contributed by atoms with Crippen LogP contribution in [-0.4, -0.2) is 31.2 Å². The Hall–Kier alpha value is -0.320. The molecule has 0 aromatic carbocycles. The largest absolute Gasteiger partial charge is 0.354 e. The van der Waals surface area contributed by atoms with Crippen molar-refractivity contribution in [2.45, 2.75) is 0 Å². The number of hydrogen-bond donors (Lipinski definition) is 1. The number of rotatable bonds is 1. The van der Waals surface area contributed by atoms with Crippen molar-refractivity contribution in [3.05, 3.63) is 22.8 Å². The molecule has 14 heavy (non-hydrogen) atoms. The summed E-state index contributed by atoms with van der Waals surface area (Å²) in [4.78, 5) is 6.70. The molecule has 0 atom stereocenters. The molecule has 0 saturated carbocycles. The molecule has 1 aromatic rings. The lowest BCUT2D eigenvalue weighted by Crippen LogP contribution is -2.43. The number of hydrogen-bond acceptors (Lipinski definition) is 3. The van der Waals surface area contributed by atoms with Crippen LogP contribution >= 0.6 is 28.3 Å². The first-order chi connectivity index (χ1) is 6.36. The molecule has 0 spiro atoms. The first-order valence-electron chi connectivity index (χ1n) is 4.44.